The molecule has 1 rings (SSSR count). The molecule has 0 saturated heterocycles. The van der Waals surface area contributed by atoms with Gasteiger partial charge in [-0.15, -0.1) is 0 Å². The molecule has 1 N–H and O–H groups in total. The van der Waals surface area contributed by atoms with Gasteiger partial charge in [-0.1, -0.05) is 0 Å². The standard InChI is InChI=1S/C5H5FI2N2O/c1-10-4(11)2-3(9-10)5(6,7)8/h2,11H,1H3. The molecule has 0 radical (unpaired) electrons. The number of aromatic nitrogens is 2. The van der Waals surface area contributed by atoms with Gasteiger partial charge in [-0.05, 0) is 45.2 Å². The van der Waals surface area contributed by atoms with Gasteiger partial charge in [0.2, 0.25) is 5.88 Å². The van der Waals surface area contributed by atoms with Gasteiger partial charge in [0.1, 0.15) is 5.69 Å². The molecule has 0 aliphatic rings. The molecule has 1 aromatic rings. The summed E-state index contributed by atoms with van der Waals surface area (Å²) >= 11 is 3.21. The Kier molecular flexibility index (Phi) is 2.62. The van der Waals surface area contributed by atoms with E-state index >= 15 is 0 Å². The summed E-state index contributed by atoms with van der Waals surface area (Å²) in [4.78, 5) is 0. The van der Waals surface area contributed by atoms with Crippen molar-refractivity contribution in [2.75, 3.05) is 0 Å². The lowest BCUT2D eigenvalue weighted by molar-refractivity contribution is 0.417. The fourth-order valence-corrected chi connectivity index (χ4v) is 1.12. The average Bonchev–Trinajstić information content (AvgIpc) is 2.11. The first-order chi connectivity index (χ1) is 4.91. The molecular formula is C5H5FI2N2O. The Bertz CT molecular complexity index is 248. The van der Waals surface area contributed by atoms with Crippen molar-refractivity contribution in [3.05, 3.63) is 11.8 Å². The van der Waals surface area contributed by atoms with E-state index in [1.165, 1.54) is 10.7 Å². The highest BCUT2D eigenvalue weighted by molar-refractivity contribution is 14.2. The quantitative estimate of drug-likeness (QED) is 0.597. The van der Waals surface area contributed by atoms with Crippen molar-refractivity contribution < 1.29 is 9.50 Å². The van der Waals surface area contributed by atoms with Crippen LogP contribution < -0.4 is 0 Å². The maximum Gasteiger partial charge on any atom is 0.253 e. The molecule has 0 aliphatic carbocycles. The zero-order valence-electron chi connectivity index (χ0n) is 5.55. The van der Waals surface area contributed by atoms with Crippen LogP contribution in [-0.2, 0) is 8.73 Å². The summed E-state index contributed by atoms with van der Waals surface area (Å²) in [5, 5.41) is 12.8. The van der Waals surface area contributed by atoms with Gasteiger partial charge in [0.15, 0.2) is 0 Å². The van der Waals surface area contributed by atoms with Crippen LogP contribution in [0.3, 0.4) is 0 Å². The van der Waals surface area contributed by atoms with Crippen LogP contribution in [0.4, 0.5) is 4.39 Å². The fraction of sp³-hybridized carbons (Fsp3) is 0.400. The number of alkyl halides is 3. The van der Waals surface area contributed by atoms with Crippen LogP contribution in [0.2, 0.25) is 0 Å². The predicted octanol–water partition coefficient (Wildman–Crippen LogP) is 2.08. The van der Waals surface area contributed by atoms with Crippen molar-refractivity contribution >= 4 is 45.2 Å². The van der Waals surface area contributed by atoms with Gasteiger partial charge in [0.05, 0.1) is 0 Å². The van der Waals surface area contributed by atoms with E-state index < -0.39 is 1.68 Å². The lowest BCUT2D eigenvalue weighted by atomic mass is 10.5. The zero-order valence-corrected chi connectivity index (χ0v) is 9.87. The summed E-state index contributed by atoms with van der Waals surface area (Å²) in [6, 6.07) is 1.30. The van der Waals surface area contributed by atoms with E-state index in [9.17, 15) is 4.39 Å². The first-order valence-electron chi connectivity index (χ1n) is 2.71. The van der Waals surface area contributed by atoms with E-state index in [2.05, 4.69) is 5.10 Å². The fourth-order valence-electron chi connectivity index (χ4n) is 0.596. The lowest BCUT2D eigenvalue weighted by Gasteiger charge is -2.03. The number of nitrogens with zero attached hydrogens (tertiary/aromatic N) is 2. The smallest absolute Gasteiger partial charge is 0.253 e. The van der Waals surface area contributed by atoms with Crippen LogP contribution in [0.1, 0.15) is 5.69 Å². The van der Waals surface area contributed by atoms with Gasteiger partial charge in [-0.25, -0.2) is 9.07 Å². The second-order valence-corrected chi connectivity index (χ2v) is 7.05. The number of aromatic hydroxyl groups is 1. The Balaban J connectivity index is 3.08. The van der Waals surface area contributed by atoms with E-state index in [0.717, 1.165) is 0 Å². The highest BCUT2D eigenvalue weighted by Gasteiger charge is 2.27. The summed E-state index contributed by atoms with van der Waals surface area (Å²) in [5.74, 6) is -0.0321. The summed E-state index contributed by atoms with van der Waals surface area (Å²) in [6.45, 7) is 0. The topological polar surface area (TPSA) is 38.0 Å². The van der Waals surface area contributed by atoms with Gasteiger partial charge in [0, 0.05) is 13.1 Å². The summed E-state index contributed by atoms with van der Waals surface area (Å²) in [6.07, 6.45) is 0. The Morgan fingerprint density at radius 3 is 2.45 bits per heavy atom. The molecule has 0 bridgehead atoms. The second kappa shape index (κ2) is 3.04. The molecule has 3 nitrogen and oxygen atoms in total. The van der Waals surface area contributed by atoms with Gasteiger partial charge >= 0.3 is 0 Å². The van der Waals surface area contributed by atoms with Gasteiger partial charge in [0.25, 0.3) is 1.68 Å². The molecule has 0 saturated carbocycles. The normalized spacial score (nSPS) is 12.0. The monoisotopic (exact) mass is 382 g/mol. The van der Waals surface area contributed by atoms with Gasteiger partial charge < -0.3 is 5.11 Å². The molecule has 0 aromatic carbocycles. The van der Waals surface area contributed by atoms with E-state index in [0.29, 0.717) is 0 Å². The van der Waals surface area contributed by atoms with Crippen molar-refractivity contribution in [3.63, 3.8) is 0 Å². The molecule has 11 heavy (non-hydrogen) atoms. The van der Waals surface area contributed by atoms with E-state index in [1.54, 1.807) is 52.2 Å². The molecule has 0 aliphatic heterocycles. The van der Waals surface area contributed by atoms with Gasteiger partial charge in [-0.3, -0.25) is 0 Å². The minimum atomic E-state index is -1.55. The molecule has 1 aromatic heterocycles. The molecule has 1 heterocycles. The maximum absolute atomic E-state index is 13.1. The van der Waals surface area contributed by atoms with Crippen LogP contribution in [0.15, 0.2) is 6.07 Å². The molecule has 0 spiro atoms. The van der Waals surface area contributed by atoms with Crippen molar-refractivity contribution in [3.8, 4) is 5.88 Å². The minimum absolute atomic E-state index is 0.0321. The number of aryl methyl sites for hydroxylation is 1. The Morgan fingerprint density at radius 2 is 2.27 bits per heavy atom. The summed E-state index contributed by atoms with van der Waals surface area (Å²) in [5.41, 5.74) is 0.221. The Hall–Kier alpha value is 0.400. The van der Waals surface area contributed by atoms with Crippen LogP contribution in [-0.4, -0.2) is 14.9 Å². The number of halogens is 3. The third-order valence-corrected chi connectivity index (χ3v) is 2.25. The Morgan fingerprint density at radius 1 is 1.73 bits per heavy atom. The number of hydrogen-bond acceptors (Lipinski definition) is 2. The number of rotatable bonds is 1. The second-order valence-electron chi connectivity index (χ2n) is 2.01. The van der Waals surface area contributed by atoms with E-state index in [1.807, 2.05) is 0 Å². The molecule has 0 fully saturated rings. The highest BCUT2D eigenvalue weighted by Crippen LogP contribution is 2.40. The average molecular weight is 382 g/mol. The molecular weight excluding hydrogens is 377 g/mol. The summed E-state index contributed by atoms with van der Waals surface area (Å²) < 4.78 is 12.8. The molecule has 0 unspecified atom stereocenters. The van der Waals surface area contributed by atoms with Crippen molar-refractivity contribution in [2.45, 2.75) is 1.68 Å². The van der Waals surface area contributed by atoms with Crippen LogP contribution in [0, 0.1) is 0 Å². The highest BCUT2D eigenvalue weighted by atomic mass is 127. The Labute approximate surface area is 90.3 Å². The van der Waals surface area contributed by atoms with Crippen LogP contribution >= 0.6 is 45.2 Å². The molecule has 6 heteroatoms. The van der Waals surface area contributed by atoms with Crippen molar-refractivity contribution in [2.24, 2.45) is 7.05 Å². The van der Waals surface area contributed by atoms with E-state index in [-0.39, 0.29) is 11.6 Å². The van der Waals surface area contributed by atoms with Crippen LogP contribution in [0.5, 0.6) is 5.88 Å². The third kappa shape index (κ3) is 2.17. The zero-order chi connectivity index (χ0) is 8.65. The molecule has 62 valence electrons. The van der Waals surface area contributed by atoms with Gasteiger partial charge in [-0.2, -0.15) is 5.10 Å². The SMILES string of the molecule is Cn1nc(C(F)(I)I)cc1O. The predicted molar refractivity (Wildman–Crippen MR) is 55.7 cm³/mol. The van der Waals surface area contributed by atoms with E-state index in [4.69, 9.17) is 5.11 Å². The first kappa shape index (κ1) is 9.49. The molecule has 0 amide bonds. The largest absolute Gasteiger partial charge is 0.493 e. The first-order valence-corrected chi connectivity index (χ1v) is 4.87. The van der Waals surface area contributed by atoms with Crippen molar-refractivity contribution in [1.29, 1.82) is 0 Å². The minimum Gasteiger partial charge on any atom is -0.493 e. The third-order valence-electron chi connectivity index (χ3n) is 1.15. The lowest BCUT2D eigenvalue weighted by Crippen LogP contribution is -2.01. The summed E-state index contributed by atoms with van der Waals surface area (Å²) in [7, 11) is 1.55. The molecule has 0 atom stereocenters. The van der Waals surface area contributed by atoms with Crippen LogP contribution in [0.25, 0.3) is 0 Å². The van der Waals surface area contributed by atoms with Crippen molar-refractivity contribution in [1.82, 2.24) is 9.78 Å². The maximum atomic E-state index is 13.1. The number of hydrogen-bond donors (Lipinski definition) is 1.